The lowest BCUT2D eigenvalue weighted by Gasteiger charge is -2.39. The zero-order chi connectivity index (χ0) is 33.3. The van der Waals surface area contributed by atoms with E-state index < -0.39 is 48.1 Å². The van der Waals surface area contributed by atoms with Gasteiger partial charge in [0, 0.05) is 35.2 Å². The molecule has 8 nitrogen and oxygen atoms in total. The number of aliphatic hydroxyl groups is 1. The molecule has 7 atom stereocenters. The molecule has 1 spiro atoms. The summed E-state index contributed by atoms with van der Waals surface area (Å²) in [6, 6.07) is 23.7. The van der Waals surface area contributed by atoms with Crippen molar-refractivity contribution >= 4 is 50.9 Å². The van der Waals surface area contributed by atoms with Crippen molar-refractivity contribution in [2.24, 2.45) is 11.8 Å². The van der Waals surface area contributed by atoms with Crippen LogP contribution < -0.4 is 4.90 Å². The van der Waals surface area contributed by atoms with Crippen molar-refractivity contribution in [2.45, 2.75) is 41.6 Å². The number of benzene rings is 3. The molecule has 3 heterocycles. The Balaban J connectivity index is 1.46. The first kappa shape index (κ1) is 33.2. The van der Waals surface area contributed by atoms with Gasteiger partial charge in [0.2, 0.25) is 11.8 Å². The fraction of sp³-hybridized carbons (Fsp3) is 0.324. The van der Waals surface area contributed by atoms with Crippen LogP contribution in [0.5, 0.6) is 0 Å². The van der Waals surface area contributed by atoms with E-state index in [1.54, 1.807) is 46.2 Å². The Morgan fingerprint density at radius 3 is 2.26 bits per heavy atom. The van der Waals surface area contributed by atoms with Gasteiger partial charge in [-0.1, -0.05) is 100 Å². The smallest absolute Gasteiger partial charge is 0.253 e. The first-order chi connectivity index (χ1) is 22.7. The fourth-order valence-corrected chi connectivity index (χ4v) is 8.69. The molecule has 6 rings (SSSR count). The molecule has 3 saturated heterocycles. The third-order valence-corrected chi connectivity index (χ3v) is 10.6. The van der Waals surface area contributed by atoms with E-state index in [1.807, 2.05) is 60.7 Å². The molecule has 0 radical (unpaired) electrons. The number of rotatable bonds is 12. The Hall–Kier alpha value is -3.76. The first-order valence-corrected chi connectivity index (χ1v) is 17.0. The van der Waals surface area contributed by atoms with E-state index in [-0.39, 0.29) is 29.7 Å². The quantitative estimate of drug-likeness (QED) is 0.196. The van der Waals surface area contributed by atoms with Crippen molar-refractivity contribution in [1.29, 1.82) is 0 Å². The van der Waals surface area contributed by atoms with Gasteiger partial charge in [0.25, 0.3) is 5.91 Å². The van der Waals surface area contributed by atoms with Gasteiger partial charge < -0.3 is 24.5 Å². The first-order valence-electron chi connectivity index (χ1n) is 15.7. The summed E-state index contributed by atoms with van der Waals surface area (Å²) in [5, 5.41) is 11.4. The van der Waals surface area contributed by atoms with Gasteiger partial charge in [0.1, 0.15) is 11.6 Å². The lowest BCUT2D eigenvalue weighted by Crippen LogP contribution is -2.57. The van der Waals surface area contributed by atoms with E-state index in [9.17, 15) is 19.5 Å². The lowest BCUT2D eigenvalue weighted by molar-refractivity contribution is -0.147. The normalized spacial score (nSPS) is 26.5. The summed E-state index contributed by atoms with van der Waals surface area (Å²) >= 11 is 9.96. The van der Waals surface area contributed by atoms with Crippen LogP contribution in [-0.4, -0.2) is 74.9 Å². The third-order valence-electron chi connectivity index (χ3n) is 9.53. The summed E-state index contributed by atoms with van der Waals surface area (Å²) in [6.45, 7) is 8.08. The number of aliphatic hydroxyl groups excluding tert-OH is 1. The van der Waals surface area contributed by atoms with Gasteiger partial charge in [-0.3, -0.25) is 14.4 Å². The molecule has 244 valence electrons. The molecule has 3 aliphatic heterocycles. The number of fused-ring (bicyclic) bond motifs is 1. The lowest BCUT2D eigenvalue weighted by atomic mass is 9.70. The largest absolute Gasteiger partial charge is 0.394 e. The number of nitrogens with zero attached hydrogens (tertiary/aromatic N) is 3. The van der Waals surface area contributed by atoms with Crippen LogP contribution in [0.25, 0.3) is 0 Å². The maximum absolute atomic E-state index is 15.0. The zero-order valence-corrected chi connectivity index (χ0v) is 28.2. The Labute approximate surface area is 288 Å². The molecule has 2 bridgehead atoms. The Morgan fingerprint density at radius 1 is 1.00 bits per heavy atom. The predicted octanol–water partition coefficient (Wildman–Crippen LogP) is 5.56. The van der Waals surface area contributed by atoms with Crippen LogP contribution in [0, 0.1) is 11.8 Å². The van der Waals surface area contributed by atoms with Crippen LogP contribution in [-0.2, 0) is 25.7 Å². The molecular weight excluding hydrogens is 682 g/mol. The van der Waals surface area contributed by atoms with Gasteiger partial charge in [-0.15, -0.1) is 13.2 Å². The monoisotopic (exact) mass is 717 g/mol. The molecule has 3 unspecified atom stereocenters. The minimum Gasteiger partial charge on any atom is -0.394 e. The van der Waals surface area contributed by atoms with Crippen LogP contribution in [0.3, 0.4) is 0 Å². The molecule has 47 heavy (non-hydrogen) atoms. The van der Waals surface area contributed by atoms with Crippen LogP contribution in [0.4, 0.5) is 5.69 Å². The molecule has 3 aliphatic rings. The van der Waals surface area contributed by atoms with E-state index in [1.165, 1.54) is 4.90 Å². The molecule has 0 aromatic heterocycles. The van der Waals surface area contributed by atoms with Crippen molar-refractivity contribution in [1.82, 2.24) is 9.80 Å². The summed E-state index contributed by atoms with van der Waals surface area (Å²) in [5.41, 5.74) is 0.858. The Morgan fingerprint density at radius 2 is 1.64 bits per heavy atom. The predicted molar refractivity (Wildman–Crippen MR) is 185 cm³/mol. The number of ether oxygens (including phenoxy) is 1. The van der Waals surface area contributed by atoms with Gasteiger partial charge in [-0.25, -0.2) is 0 Å². The summed E-state index contributed by atoms with van der Waals surface area (Å²) in [6.07, 6.45) is 2.99. The summed E-state index contributed by atoms with van der Waals surface area (Å²) in [7, 11) is 0. The molecule has 3 aromatic rings. The number of carbonyl (C=O) groups excluding carboxylic acids is 3. The van der Waals surface area contributed by atoms with Crippen molar-refractivity contribution < 1.29 is 24.2 Å². The van der Waals surface area contributed by atoms with Gasteiger partial charge in [-0.2, -0.15) is 0 Å². The van der Waals surface area contributed by atoms with Gasteiger partial charge in [0.05, 0.1) is 30.6 Å². The highest BCUT2D eigenvalue weighted by atomic mass is 79.9. The number of halogens is 2. The van der Waals surface area contributed by atoms with Crippen molar-refractivity contribution in [3.8, 4) is 0 Å². The van der Waals surface area contributed by atoms with E-state index in [2.05, 4.69) is 29.1 Å². The van der Waals surface area contributed by atoms with Crippen LogP contribution in [0.2, 0.25) is 5.02 Å². The molecule has 3 aromatic carbocycles. The highest BCUT2D eigenvalue weighted by molar-refractivity contribution is 9.09. The molecule has 0 aliphatic carbocycles. The average molecular weight is 719 g/mol. The van der Waals surface area contributed by atoms with Crippen molar-refractivity contribution in [3.63, 3.8) is 0 Å². The number of amides is 3. The maximum Gasteiger partial charge on any atom is 0.253 e. The Bertz CT molecular complexity index is 1640. The zero-order valence-electron chi connectivity index (χ0n) is 25.8. The fourth-order valence-electron chi connectivity index (χ4n) is 7.62. The molecule has 0 saturated carbocycles. The summed E-state index contributed by atoms with van der Waals surface area (Å²) < 4.78 is 6.80. The standard InChI is InChI=1S/C37H37BrClN3O5/c1-3-19-40(22-24-11-7-5-8-12-24)34(44)30-31-35(45)42(29(23-43)25-13-9-6-10-14-25)33(37(31)21-28(38)32(30)47-37)36(46)41(20-4-2)27-17-15-26(39)16-18-27/h3-18,28-33,43H,1-2,19-23H2/t28?,29-,30+,31+,32+,33?,37?/m1/s1. The number of alkyl halides is 1. The number of hydrogen-bond acceptors (Lipinski definition) is 5. The van der Waals surface area contributed by atoms with Gasteiger partial charge in [0.15, 0.2) is 0 Å². The van der Waals surface area contributed by atoms with Crippen LogP contribution >= 0.6 is 27.5 Å². The molecule has 1 N–H and O–H groups in total. The number of hydrogen-bond donors (Lipinski definition) is 1. The number of carbonyl (C=O) groups is 3. The molecule has 10 heteroatoms. The van der Waals surface area contributed by atoms with Gasteiger partial charge in [-0.05, 0) is 41.8 Å². The minimum absolute atomic E-state index is 0.155. The third kappa shape index (κ3) is 5.84. The molecular formula is C37H37BrClN3O5. The van der Waals surface area contributed by atoms with E-state index >= 15 is 0 Å². The van der Waals surface area contributed by atoms with Gasteiger partial charge >= 0.3 is 0 Å². The van der Waals surface area contributed by atoms with Crippen molar-refractivity contribution in [2.75, 3.05) is 24.6 Å². The topological polar surface area (TPSA) is 90.4 Å². The average Bonchev–Trinajstić information content (AvgIpc) is 3.68. The van der Waals surface area contributed by atoms with Crippen LogP contribution in [0.1, 0.15) is 23.6 Å². The minimum atomic E-state index is -1.33. The highest BCUT2D eigenvalue weighted by Gasteiger charge is 2.77. The van der Waals surface area contributed by atoms with Crippen molar-refractivity contribution in [3.05, 3.63) is 126 Å². The second-order valence-corrected chi connectivity index (χ2v) is 13.8. The maximum atomic E-state index is 15.0. The van der Waals surface area contributed by atoms with E-state index in [0.717, 1.165) is 5.56 Å². The second-order valence-electron chi connectivity index (χ2n) is 12.2. The Kier molecular flexibility index (Phi) is 9.71. The van der Waals surface area contributed by atoms with E-state index in [0.29, 0.717) is 29.2 Å². The van der Waals surface area contributed by atoms with Crippen LogP contribution in [0.15, 0.2) is 110 Å². The highest BCUT2D eigenvalue weighted by Crippen LogP contribution is 2.61. The number of anilines is 1. The summed E-state index contributed by atoms with van der Waals surface area (Å²) in [4.78, 5) is 48.9. The summed E-state index contributed by atoms with van der Waals surface area (Å²) in [5.74, 6) is -2.82. The molecule has 3 fully saturated rings. The second kappa shape index (κ2) is 13.8. The van der Waals surface area contributed by atoms with E-state index in [4.69, 9.17) is 16.3 Å². The SMILES string of the molecule is C=CCN(Cc1ccccc1)C(=O)[C@H]1[C@H]2C(=O)N([C@H](CO)c3ccccc3)C(C(=O)N(CC=C)c3ccc(Cl)cc3)C23CC(Br)[C@@H]1O3. The number of likely N-dealkylation sites (tertiary alicyclic amines) is 1. The molecule has 3 amide bonds.